The van der Waals surface area contributed by atoms with Crippen LogP contribution in [0.2, 0.25) is 0 Å². The third kappa shape index (κ3) is 2.17. The first-order chi connectivity index (χ1) is 11.6. The topological polar surface area (TPSA) is 30.2 Å². The molecule has 0 radical (unpaired) electrons. The lowest BCUT2D eigenvalue weighted by molar-refractivity contribution is -0.0632. The number of aliphatic imine (C=N–C) groups is 1. The second kappa shape index (κ2) is 5.18. The van der Waals surface area contributed by atoms with E-state index in [-0.39, 0.29) is 0 Å². The van der Waals surface area contributed by atoms with E-state index in [2.05, 4.69) is 36.7 Å². The van der Waals surface area contributed by atoms with E-state index in [1.54, 1.807) is 0 Å². The summed E-state index contributed by atoms with van der Waals surface area (Å²) in [5.41, 5.74) is 2.72. The molecular weight excluding hydrogens is 294 g/mol. The Labute approximate surface area is 144 Å². The maximum absolute atomic E-state index is 5.03. The predicted octanol–water partition coefficient (Wildman–Crippen LogP) is 4.60. The highest BCUT2D eigenvalue weighted by molar-refractivity contribution is 5.84. The SMILES string of the molecule is C[C@H](N=Cc1nc2ccccc2n1C)C12CC3CC(CC(C3)C1)C2. The Balaban J connectivity index is 1.42. The van der Waals surface area contributed by atoms with Crippen LogP contribution in [-0.2, 0) is 7.05 Å². The quantitative estimate of drug-likeness (QED) is 0.760. The molecule has 0 unspecified atom stereocenters. The minimum Gasteiger partial charge on any atom is -0.326 e. The summed E-state index contributed by atoms with van der Waals surface area (Å²) in [5.74, 6) is 3.95. The van der Waals surface area contributed by atoms with Crippen molar-refractivity contribution >= 4 is 17.2 Å². The Hall–Kier alpha value is -1.64. The van der Waals surface area contributed by atoms with Crippen molar-refractivity contribution in [2.24, 2.45) is 35.2 Å². The van der Waals surface area contributed by atoms with Crippen LogP contribution in [0.15, 0.2) is 29.3 Å². The van der Waals surface area contributed by atoms with Crippen molar-refractivity contribution < 1.29 is 0 Å². The first-order valence-corrected chi connectivity index (χ1v) is 9.57. The van der Waals surface area contributed by atoms with E-state index in [0.717, 1.165) is 29.1 Å². The second-order valence-corrected chi connectivity index (χ2v) is 8.75. The van der Waals surface area contributed by atoms with Crippen molar-refractivity contribution in [2.45, 2.75) is 51.5 Å². The van der Waals surface area contributed by atoms with Gasteiger partial charge in [0.2, 0.25) is 0 Å². The van der Waals surface area contributed by atoms with E-state index >= 15 is 0 Å². The summed E-state index contributed by atoms with van der Waals surface area (Å²) in [6.45, 7) is 2.35. The Bertz CT molecular complexity index is 765. The molecule has 1 aromatic heterocycles. The number of aryl methyl sites for hydroxylation is 1. The minimum atomic E-state index is 0.422. The molecule has 1 atom stereocenters. The van der Waals surface area contributed by atoms with Crippen LogP contribution in [-0.4, -0.2) is 21.8 Å². The van der Waals surface area contributed by atoms with Gasteiger partial charge in [-0.3, -0.25) is 4.99 Å². The average molecular weight is 321 g/mol. The van der Waals surface area contributed by atoms with Gasteiger partial charge in [0.25, 0.3) is 0 Å². The van der Waals surface area contributed by atoms with Gasteiger partial charge in [0.1, 0.15) is 0 Å². The summed E-state index contributed by atoms with van der Waals surface area (Å²) in [4.78, 5) is 9.78. The molecule has 0 spiro atoms. The highest BCUT2D eigenvalue weighted by atomic mass is 15.1. The van der Waals surface area contributed by atoms with Gasteiger partial charge < -0.3 is 4.57 Å². The smallest absolute Gasteiger partial charge is 0.151 e. The van der Waals surface area contributed by atoms with Crippen LogP contribution in [0.25, 0.3) is 11.0 Å². The third-order valence-corrected chi connectivity index (χ3v) is 7.21. The number of benzene rings is 1. The number of hydrogen-bond acceptors (Lipinski definition) is 2. The van der Waals surface area contributed by atoms with Gasteiger partial charge in [-0.1, -0.05) is 12.1 Å². The van der Waals surface area contributed by atoms with Crippen LogP contribution >= 0.6 is 0 Å². The average Bonchev–Trinajstić information content (AvgIpc) is 2.88. The Morgan fingerprint density at radius 2 is 1.75 bits per heavy atom. The molecule has 4 fully saturated rings. The largest absolute Gasteiger partial charge is 0.326 e. The molecule has 1 aromatic carbocycles. The van der Waals surface area contributed by atoms with E-state index in [9.17, 15) is 0 Å². The molecule has 6 rings (SSSR count). The van der Waals surface area contributed by atoms with Crippen molar-refractivity contribution in [3.8, 4) is 0 Å². The maximum Gasteiger partial charge on any atom is 0.151 e. The molecule has 0 N–H and O–H groups in total. The molecule has 0 saturated heterocycles. The van der Waals surface area contributed by atoms with Gasteiger partial charge in [-0.05, 0) is 80.8 Å². The van der Waals surface area contributed by atoms with Crippen LogP contribution in [0.3, 0.4) is 0 Å². The Kier molecular flexibility index (Phi) is 3.17. The highest BCUT2D eigenvalue weighted by Crippen LogP contribution is 2.61. The molecule has 0 aliphatic heterocycles. The van der Waals surface area contributed by atoms with Gasteiger partial charge in [0.15, 0.2) is 5.82 Å². The first-order valence-electron chi connectivity index (χ1n) is 9.57. The van der Waals surface area contributed by atoms with Crippen molar-refractivity contribution in [1.29, 1.82) is 0 Å². The molecule has 4 aliphatic rings. The molecule has 126 valence electrons. The summed E-state index contributed by atoms with van der Waals surface area (Å²) in [7, 11) is 2.09. The molecule has 4 aliphatic carbocycles. The van der Waals surface area contributed by atoms with Crippen LogP contribution in [0.1, 0.15) is 51.3 Å². The summed E-state index contributed by atoms with van der Waals surface area (Å²) in [6, 6.07) is 8.75. The van der Waals surface area contributed by atoms with Gasteiger partial charge in [-0.25, -0.2) is 4.98 Å². The standard InChI is InChI=1S/C21H27N3/c1-14(21-10-15-7-16(11-21)9-17(8-15)12-21)22-13-20-23-18-5-3-4-6-19(18)24(20)2/h3-6,13-17H,7-12H2,1-2H3/t14-,15?,16?,17?,21?/m0/s1. The zero-order valence-corrected chi connectivity index (χ0v) is 14.8. The number of aromatic nitrogens is 2. The molecular formula is C21H27N3. The first kappa shape index (κ1) is 14.7. The van der Waals surface area contributed by atoms with Crippen LogP contribution in [0, 0.1) is 23.2 Å². The normalized spacial score (nSPS) is 36.0. The van der Waals surface area contributed by atoms with E-state index in [4.69, 9.17) is 9.98 Å². The van der Waals surface area contributed by atoms with E-state index in [1.165, 1.54) is 44.0 Å². The number of hydrogen-bond donors (Lipinski definition) is 0. The van der Waals surface area contributed by atoms with Gasteiger partial charge in [0.05, 0.1) is 23.3 Å². The van der Waals surface area contributed by atoms with Crippen molar-refractivity contribution in [3.05, 3.63) is 30.1 Å². The van der Waals surface area contributed by atoms with Gasteiger partial charge in [-0.2, -0.15) is 0 Å². The zero-order valence-electron chi connectivity index (χ0n) is 14.8. The molecule has 4 saturated carbocycles. The molecule has 4 bridgehead atoms. The number of rotatable bonds is 3. The monoisotopic (exact) mass is 321 g/mol. The highest BCUT2D eigenvalue weighted by Gasteiger charge is 2.53. The van der Waals surface area contributed by atoms with Crippen LogP contribution in [0.5, 0.6) is 0 Å². The van der Waals surface area contributed by atoms with Gasteiger partial charge >= 0.3 is 0 Å². The third-order valence-electron chi connectivity index (χ3n) is 7.21. The van der Waals surface area contributed by atoms with Crippen molar-refractivity contribution in [3.63, 3.8) is 0 Å². The number of imidazole rings is 1. The maximum atomic E-state index is 5.03. The second-order valence-electron chi connectivity index (χ2n) is 8.75. The summed E-state index contributed by atoms with van der Waals surface area (Å²) >= 11 is 0. The lowest BCUT2D eigenvalue weighted by atomic mass is 9.48. The molecule has 24 heavy (non-hydrogen) atoms. The van der Waals surface area contributed by atoms with E-state index in [0.29, 0.717) is 11.5 Å². The fraction of sp³-hybridized carbons (Fsp3) is 0.619. The molecule has 3 nitrogen and oxygen atoms in total. The summed E-state index contributed by atoms with van der Waals surface area (Å²) < 4.78 is 2.16. The fourth-order valence-electron chi connectivity index (χ4n) is 6.31. The summed E-state index contributed by atoms with van der Waals surface area (Å²) in [5, 5.41) is 0. The van der Waals surface area contributed by atoms with Crippen molar-refractivity contribution in [2.75, 3.05) is 0 Å². The molecule has 2 aromatic rings. The van der Waals surface area contributed by atoms with E-state index in [1.807, 2.05) is 12.3 Å². The number of para-hydroxylation sites is 2. The van der Waals surface area contributed by atoms with Crippen molar-refractivity contribution in [1.82, 2.24) is 9.55 Å². The number of fused-ring (bicyclic) bond motifs is 1. The lowest BCUT2D eigenvalue weighted by Crippen LogP contribution is -2.50. The lowest BCUT2D eigenvalue weighted by Gasteiger charge is -2.58. The van der Waals surface area contributed by atoms with E-state index < -0.39 is 0 Å². The van der Waals surface area contributed by atoms with Gasteiger partial charge in [-0.15, -0.1) is 0 Å². The molecule has 3 heteroatoms. The predicted molar refractivity (Wildman–Crippen MR) is 98.4 cm³/mol. The van der Waals surface area contributed by atoms with Gasteiger partial charge in [0, 0.05) is 7.05 Å². The summed E-state index contributed by atoms with van der Waals surface area (Å²) in [6.07, 6.45) is 10.8. The Morgan fingerprint density at radius 3 is 2.38 bits per heavy atom. The minimum absolute atomic E-state index is 0.422. The van der Waals surface area contributed by atoms with Crippen LogP contribution in [0.4, 0.5) is 0 Å². The zero-order chi connectivity index (χ0) is 16.3. The fourth-order valence-corrected chi connectivity index (χ4v) is 6.31. The number of nitrogens with zero attached hydrogens (tertiary/aromatic N) is 3. The Morgan fingerprint density at radius 1 is 1.12 bits per heavy atom. The van der Waals surface area contributed by atoms with Crippen LogP contribution < -0.4 is 0 Å². The molecule has 1 heterocycles. The molecule has 0 amide bonds.